The molecule has 1 unspecified atom stereocenters. The van der Waals surface area contributed by atoms with Gasteiger partial charge in [0.1, 0.15) is 0 Å². The van der Waals surface area contributed by atoms with Gasteiger partial charge in [-0.1, -0.05) is 30.3 Å². The van der Waals surface area contributed by atoms with E-state index in [1.807, 2.05) is 30.3 Å². The quantitative estimate of drug-likeness (QED) is 0.873. The zero-order valence-corrected chi connectivity index (χ0v) is 11.3. The summed E-state index contributed by atoms with van der Waals surface area (Å²) in [7, 11) is -3.35. The molecule has 1 atom stereocenters. The van der Waals surface area contributed by atoms with E-state index in [0.717, 1.165) is 5.56 Å². The highest BCUT2D eigenvalue weighted by molar-refractivity contribution is 7.89. The summed E-state index contributed by atoms with van der Waals surface area (Å²) in [6.07, 6.45) is 0.858. The van der Waals surface area contributed by atoms with E-state index in [4.69, 9.17) is 5.11 Å². The van der Waals surface area contributed by atoms with Gasteiger partial charge in [-0.15, -0.1) is 0 Å². The standard InChI is InChI=1S/C13H17NO4S/c15-13(16)12-6-8-14(10-12)19(17,18)9-7-11-4-2-1-3-5-11/h1-5,12H,6-10H2,(H,15,16). The van der Waals surface area contributed by atoms with Crippen LogP contribution < -0.4 is 0 Å². The molecule has 2 rings (SSSR count). The van der Waals surface area contributed by atoms with E-state index < -0.39 is 21.9 Å². The normalized spacial score (nSPS) is 20.5. The van der Waals surface area contributed by atoms with E-state index in [0.29, 0.717) is 19.4 Å². The number of carbonyl (C=O) groups is 1. The predicted octanol–water partition coefficient (Wildman–Crippen LogP) is 0.965. The number of aliphatic carboxylic acids is 1. The van der Waals surface area contributed by atoms with Crippen LogP contribution in [0.1, 0.15) is 12.0 Å². The molecule has 0 bridgehead atoms. The smallest absolute Gasteiger partial charge is 0.307 e. The highest BCUT2D eigenvalue weighted by Crippen LogP contribution is 2.20. The third kappa shape index (κ3) is 3.54. The summed E-state index contributed by atoms with van der Waals surface area (Å²) >= 11 is 0. The summed E-state index contributed by atoms with van der Waals surface area (Å²) in [6.45, 7) is 0.417. The number of aryl methyl sites for hydroxylation is 1. The Hall–Kier alpha value is -1.40. The average Bonchev–Trinajstić information content (AvgIpc) is 2.88. The Bertz CT molecular complexity index is 541. The summed E-state index contributed by atoms with van der Waals surface area (Å²) in [5, 5.41) is 8.88. The van der Waals surface area contributed by atoms with Crippen molar-refractivity contribution in [2.75, 3.05) is 18.8 Å². The second kappa shape index (κ2) is 5.71. The molecule has 0 spiro atoms. The number of carboxylic acid groups (broad SMARTS) is 1. The van der Waals surface area contributed by atoms with Gasteiger partial charge in [0.05, 0.1) is 11.7 Å². The first kappa shape index (κ1) is 14.0. The van der Waals surface area contributed by atoms with Crippen LogP contribution >= 0.6 is 0 Å². The zero-order chi connectivity index (χ0) is 13.9. The van der Waals surface area contributed by atoms with Crippen LogP contribution in [0.3, 0.4) is 0 Å². The molecule has 104 valence electrons. The Labute approximate surface area is 112 Å². The van der Waals surface area contributed by atoms with Gasteiger partial charge in [-0.25, -0.2) is 12.7 Å². The summed E-state index contributed by atoms with van der Waals surface area (Å²) in [5.74, 6) is -1.45. The van der Waals surface area contributed by atoms with Gasteiger partial charge < -0.3 is 5.11 Å². The maximum atomic E-state index is 12.1. The molecule has 1 aliphatic rings. The fraction of sp³-hybridized carbons (Fsp3) is 0.462. The second-order valence-electron chi connectivity index (χ2n) is 4.73. The molecule has 1 aliphatic heterocycles. The first-order valence-corrected chi connectivity index (χ1v) is 7.84. The Morgan fingerprint density at radius 1 is 1.32 bits per heavy atom. The number of sulfonamides is 1. The van der Waals surface area contributed by atoms with Gasteiger partial charge >= 0.3 is 5.97 Å². The van der Waals surface area contributed by atoms with Crippen molar-refractivity contribution in [3.8, 4) is 0 Å². The minimum atomic E-state index is -3.35. The fourth-order valence-corrected chi connectivity index (χ4v) is 3.75. The third-order valence-corrected chi connectivity index (χ3v) is 5.22. The number of hydrogen-bond acceptors (Lipinski definition) is 3. The molecular weight excluding hydrogens is 266 g/mol. The SMILES string of the molecule is O=C(O)C1CCN(S(=O)(=O)CCc2ccccc2)C1. The molecule has 0 amide bonds. The molecule has 1 aromatic carbocycles. The molecular formula is C13H17NO4S. The molecule has 0 aromatic heterocycles. The van der Waals surface area contributed by atoms with Crippen molar-refractivity contribution < 1.29 is 18.3 Å². The Kier molecular flexibility index (Phi) is 4.21. The first-order chi connectivity index (χ1) is 8.99. The maximum absolute atomic E-state index is 12.1. The lowest BCUT2D eigenvalue weighted by atomic mass is 10.1. The monoisotopic (exact) mass is 283 g/mol. The van der Waals surface area contributed by atoms with Crippen molar-refractivity contribution in [3.05, 3.63) is 35.9 Å². The molecule has 0 saturated carbocycles. The van der Waals surface area contributed by atoms with Crippen LogP contribution in [-0.2, 0) is 21.2 Å². The molecule has 1 saturated heterocycles. The van der Waals surface area contributed by atoms with Gasteiger partial charge in [-0.05, 0) is 18.4 Å². The lowest BCUT2D eigenvalue weighted by Gasteiger charge is -2.15. The van der Waals surface area contributed by atoms with Crippen LogP contribution in [0.5, 0.6) is 0 Å². The maximum Gasteiger partial charge on any atom is 0.307 e. The van der Waals surface area contributed by atoms with Crippen LogP contribution in [-0.4, -0.2) is 42.6 Å². The van der Waals surface area contributed by atoms with Crippen LogP contribution in [0.4, 0.5) is 0 Å². The van der Waals surface area contributed by atoms with Gasteiger partial charge in [0.25, 0.3) is 0 Å². The lowest BCUT2D eigenvalue weighted by molar-refractivity contribution is -0.141. The van der Waals surface area contributed by atoms with Crippen molar-refractivity contribution in [1.29, 1.82) is 0 Å². The molecule has 1 fully saturated rings. The summed E-state index contributed by atoms with van der Waals surface area (Å²) in [4.78, 5) is 10.8. The van der Waals surface area contributed by atoms with Crippen LogP contribution in [0.15, 0.2) is 30.3 Å². The Morgan fingerprint density at radius 2 is 2.00 bits per heavy atom. The van der Waals surface area contributed by atoms with Crippen molar-refractivity contribution in [3.63, 3.8) is 0 Å². The molecule has 1 N–H and O–H groups in total. The number of carboxylic acids is 1. The molecule has 0 radical (unpaired) electrons. The van der Waals surface area contributed by atoms with Gasteiger partial charge in [0, 0.05) is 13.1 Å². The summed E-state index contributed by atoms with van der Waals surface area (Å²) < 4.78 is 25.5. The topological polar surface area (TPSA) is 74.7 Å². The molecule has 0 aliphatic carbocycles. The van der Waals surface area contributed by atoms with Crippen molar-refractivity contribution in [2.24, 2.45) is 5.92 Å². The molecule has 19 heavy (non-hydrogen) atoms. The van der Waals surface area contributed by atoms with Crippen molar-refractivity contribution in [2.45, 2.75) is 12.8 Å². The number of hydrogen-bond donors (Lipinski definition) is 1. The van der Waals surface area contributed by atoms with Gasteiger partial charge in [-0.3, -0.25) is 4.79 Å². The van der Waals surface area contributed by atoms with Crippen LogP contribution in [0.2, 0.25) is 0 Å². The molecule has 1 aromatic rings. The molecule has 6 heteroatoms. The predicted molar refractivity (Wildman–Crippen MR) is 71.2 cm³/mol. The Morgan fingerprint density at radius 3 is 2.58 bits per heavy atom. The van der Waals surface area contributed by atoms with Crippen molar-refractivity contribution >= 4 is 16.0 Å². The van der Waals surface area contributed by atoms with E-state index in [1.165, 1.54) is 4.31 Å². The van der Waals surface area contributed by atoms with E-state index in [9.17, 15) is 13.2 Å². The van der Waals surface area contributed by atoms with E-state index in [2.05, 4.69) is 0 Å². The van der Waals surface area contributed by atoms with Crippen LogP contribution in [0, 0.1) is 5.92 Å². The van der Waals surface area contributed by atoms with Gasteiger partial charge in [0.15, 0.2) is 0 Å². The van der Waals surface area contributed by atoms with Crippen molar-refractivity contribution in [1.82, 2.24) is 4.31 Å². The Balaban J connectivity index is 1.94. The first-order valence-electron chi connectivity index (χ1n) is 6.23. The minimum Gasteiger partial charge on any atom is -0.481 e. The van der Waals surface area contributed by atoms with Gasteiger partial charge in [-0.2, -0.15) is 0 Å². The summed E-state index contributed by atoms with van der Waals surface area (Å²) in [5.41, 5.74) is 0.972. The lowest BCUT2D eigenvalue weighted by Crippen LogP contribution is -2.32. The largest absolute Gasteiger partial charge is 0.481 e. The van der Waals surface area contributed by atoms with Gasteiger partial charge in [0.2, 0.25) is 10.0 Å². The summed E-state index contributed by atoms with van der Waals surface area (Å²) in [6, 6.07) is 9.41. The minimum absolute atomic E-state index is 0.0311. The number of rotatable bonds is 5. The second-order valence-corrected chi connectivity index (χ2v) is 6.82. The number of benzene rings is 1. The van der Waals surface area contributed by atoms with E-state index in [1.54, 1.807) is 0 Å². The highest BCUT2D eigenvalue weighted by atomic mass is 32.2. The highest BCUT2D eigenvalue weighted by Gasteiger charge is 2.34. The molecule has 5 nitrogen and oxygen atoms in total. The van der Waals surface area contributed by atoms with Crippen LogP contribution in [0.25, 0.3) is 0 Å². The zero-order valence-electron chi connectivity index (χ0n) is 10.5. The third-order valence-electron chi connectivity index (χ3n) is 3.39. The van der Waals surface area contributed by atoms with E-state index in [-0.39, 0.29) is 12.3 Å². The fourth-order valence-electron chi connectivity index (χ4n) is 2.20. The number of nitrogens with zero attached hydrogens (tertiary/aromatic N) is 1. The van der Waals surface area contributed by atoms with E-state index >= 15 is 0 Å². The molecule has 1 heterocycles. The average molecular weight is 283 g/mol.